The van der Waals surface area contributed by atoms with Crippen molar-refractivity contribution in [2.45, 2.75) is 51.0 Å². The van der Waals surface area contributed by atoms with Gasteiger partial charge in [-0.15, -0.1) is 0 Å². The average molecular weight is 253 g/mol. The number of amides is 1. The molecule has 1 atom stereocenters. The van der Waals surface area contributed by atoms with E-state index in [2.05, 4.69) is 4.90 Å². The van der Waals surface area contributed by atoms with Crippen molar-refractivity contribution < 1.29 is 4.79 Å². The summed E-state index contributed by atoms with van der Waals surface area (Å²) in [6, 6.07) is 0.0723. The summed E-state index contributed by atoms with van der Waals surface area (Å²) >= 11 is 0. The van der Waals surface area contributed by atoms with Crippen LogP contribution in [0, 0.1) is 0 Å². The fourth-order valence-corrected chi connectivity index (χ4v) is 3.02. The fourth-order valence-electron chi connectivity index (χ4n) is 3.02. The lowest BCUT2D eigenvalue weighted by molar-refractivity contribution is -0.127. The van der Waals surface area contributed by atoms with Crippen LogP contribution in [0.1, 0.15) is 44.9 Å². The van der Waals surface area contributed by atoms with Gasteiger partial charge < -0.3 is 15.5 Å². The molecule has 0 aromatic carbocycles. The number of carbonyl (C=O) groups is 1. The highest BCUT2D eigenvalue weighted by atomic mass is 16.2. The molecule has 2 N–H and O–H groups in total. The first-order valence-corrected chi connectivity index (χ1v) is 7.51. The van der Waals surface area contributed by atoms with Crippen molar-refractivity contribution in [1.29, 1.82) is 0 Å². The van der Waals surface area contributed by atoms with Crippen molar-refractivity contribution in [3.63, 3.8) is 0 Å². The van der Waals surface area contributed by atoms with E-state index in [1.54, 1.807) is 0 Å². The van der Waals surface area contributed by atoms with E-state index in [9.17, 15) is 4.79 Å². The molecule has 2 heterocycles. The Hall–Kier alpha value is -0.610. The molecule has 18 heavy (non-hydrogen) atoms. The minimum Gasteiger partial charge on any atom is -0.341 e. The van der Waals surface area contributed by atoms with Crippen LogP contribution in [0.5, 0.6) is 0 Å². The van der Waals surface area contributed by atoms with Gasteiger partial charge in [0.05, 0.1) is 0 Å². The van der Waals surface area contributed by atoms with Gasteiger partial charge in [0, 0.05) is 25.6 Å². The summed E-state index contributed by atoms with van der Waals surface area (Å²) in [6.07, 6.45) is 8.40. The summed E-state index contributed by atoms with van der Waals surface area (Å²) in [5.41, 5.74) is 5.78. The standard InChI is InChI=1S/C14H27N3O/c15-13-11-14(18)17(12-13)10-6-5-9-16-7-3-1-2-4-8-16/h13H,1-12,15H2. The van der Waals surface area contributed by atoms with E-state index in [1.807, 2.05) is 4.90 Å². The topological polar surface area (TPSA) is 49.6 Å². The van der Waals surface area contributed by atoms with E-state index < -0.39 is 0 Å². The maximum absolute atomic E-state index is 11.6. The van der Waals surface area contributed by atoms with Crippen LogP contribution in [0.2, 0.25) is 0 Å². The van der Waals surface area contributed by atoms with Gasteiger partial charge in [0.2, 0.25) is 5.91 Å². The summed E-state index contributed by atoms with van der Waals surface area (Å²) < 4.78 is 0. The molecular weight excluding hydrogens is 226 g/mol. The summed E-state index contributed by atoms with van der Waals surface area (Å²) in [5, 5.41) is 0. The lowest BCUT2D eigenvalue weighted by Gasteiger charge is -2.21. The van der Waals surface area contributed by atoms with Crippen LogP contribution in [0.3, 0.4) is 0 Å². The van der Waals surface area contributed by atoms with Crippen molar-refractivity contribution in [2.75, 3.05) is 32.7 Å². The van der Waals surface area contributed by atoms with Crippen molar-refractivity contribution in [3.8, 4) is 0 Å². The molecule has 2 fully saturated rings. The smallest absolute Gasteiger partial charge is 0.224 e. The Balaban J connectivity index is 1.56. The lowest BCUT2D eigenvalue weighted by Crippen LogP contribution is -2.30. The van der Waals surface area contributed by atoms with Crippen molar-refractivity contribution in [1.82, 2.24) is 9.80 Å². The third-order valence-corrected chi connectivity index (χ3v) is 4.10. The number of carbonyl (C=O) groups excluding carboxylic acids is 1. The lowest BCUT2D eigenvalue weighted by atomic mass is 10.2. The molecule has 0 radical (unpaired) electrons. The first-order chi connectivity index (χ1) is 8.75. The van der Waals surface area contributed by atoms with Crippen LogP contribution in [0.25, 0.3) is 0 Å². The predicted octanol–water partition coefficient (Wildman–Crippen LogP) is 1.20. The number of rotatable bonds is 5. The average Bonchev–Trinajstić information content (AvgIpc) is 2.57. The van der Waals surface area contributed by atoms with Crippen LogP contribution < -0.4 is 5.73 Å². The number of nitrogens with two attached hydrogens (primary N) is 1. The molecule has 0 aliphatic carbocycles. The minimum absolute atomic E-state index is 0.0723. The monoisotopic (exact) mass is 253 g/mol. The Labute approximate surface area is 110 Å². The van der Waals surface area contributed by atoms with Gasteiger partial charge in [-0.05, 0) is 45.3 Å². The van der Waals surface area contributed by atoms with Gasteiger partial charge in [-0.1, -0.05) is 12.8 Å². The zero-order valence-corrected chi connectivity index (χ0v) is 11.4. The molecular formula is C14H27N3O. The largest absolute Gasteiger partial charge is 0.341 e. The van der Waals surface area contributed by atoms with E-state index in [4.69, 9.17) is 5.73 Å². The molecule has 1 unspecified atom stereocenters. The molecule has 104 valence electrons. The van der Waals surface area contributed by atoms with Crippen LogP contribution in [0.15, 0.2) is 0 Å². The second-order valence-electron chi connectivity index (χ2n) is 5.77. The number of hydrogen-bond donors (Lipinski definition) is 1. The van der Waals surface area contributed by atoms with E-state index >= 15 is 0 Å². The predicted molar refractivity (Wildman–Crippen MR) is 73.3 cm³/mol. The molecule has 0 aromatic heterocycles. The van der Waals surface area contributed by atoms with Crippen molar-refractivity contribution in [3.05, 3.63) is 0 Å². The highest BCUT2D eigenvalue weighted by molar-refractivity contribution is 5.79. The van der Waals surface area contributed by atoms with Crippen LogP contribution in [0.4, 0.5) is 0 Å². The van der Waals surface area contributed by atoms with Crippen LogP contribution >= 0.6 is 0 Å². The van der Waals surface area contributed by atoms with E-state index in [0.717, 1.165) is 19.5 Å². The molecule has 0 bridgehead atoms. The zero-order valence-electron chi connectivity index (χ0n) is 11.4. The maximum atomic E-state index is 11.6. The molecule has 4 nitrogen and oxygen atoms in total. The highest BCUT2D eigenvalue weighted by Crippen LogP contribution is 2.12. The summed E-state index contributed by atoms with van der Waals surface area (Å²) in [7, 11) is 0. The Bertz CT molecular complexity index is 262. The van der Waals surface area contributed by atoms with Gasteiger partial charge >= 0.3 is 0 Å². The van der Waals surface area contributed by atoms with Gasteiger partial charge in [0.25, 0.3) is 0 Å². The zero-order chi connectivity index (χ0) is 12.8. The minimum atomic E-state index is 0.0723. The Morgan fingerprint density at radius 3 is 2.33 bits per heavy atom. The van der Waals surface area contributed by atoms with Gasteiger partial charge in [0.15, 0.2) is 0 Å². The molecule has 2 saturated heterocycles. The van der Waals surface area contributed by atoms with Gasteiger partial charge in [-0.3, -0.25) is 4.79 Å². The fraction of sp³-hybridized carbons (Fsp3) is 0.929. The van der Waals surface area contributed by atoms with Crippen molar-refractivity contribution in [2.24, 2.45) is 5.73 Å². The molecule has 2 rings (SSSR count). The van der Waals surface area contributed by atoms with E-state index in [-0.39, 0.29) is 11.9 Å². The number of nitrogens with zero attached hydrogens (tertiary/aromatic N) is 2. The normalized spacial score (nSPS) is 26.6. The van der Waals surface area contributed by atoms with Gasteiger partial charge in [-0.2, -0.15) is 0 Å². The third-order valence-electron chi connectivity index (χ3n) is 4.10. The van der Waals surface area contributed by atoms with Crippen LogP contribution in [-0.2, 0) is 4.79 Å². The number of hydrogen-bond acceptors (Lipinski definition) is 3. The first kappa shape index (κ1) is 13.8. The highest BCUT2D eigenvalue weighted by Gasteiger charge is 2.25. The van der Waals surface area contributed by atoms with E-state index in [1.165, 1.54) is 51.7 Å². The Kier molecular flexibility index (Phi) is 5.45. The summed E-state index contributed by atoms with van der Waals surface area (Å²) in [5.74, 6) is 0.247. The first-order valence-electron chi connectivity index (χ1n) is 7.51. The van der Waals surface area contributed by atoms with Gasteiger partial charge in [0.1, 0.15) is 0 Å². The molecule has 0 spiro atoms. The summed E-state index contributed by atoms with van der Waals surface area (Å²) in [6.45, 7) is 5.41. The van der Waals surface area contributed by atoms with E-state index in [0.29, 0.717) is 6.42 Å². The molecule has 1 amide bonds. The maximum Gasteiger partial charge on any atom is 0.224 e. The molecule has 4 heteroatoms. The van der Waals surface area contributed by atoms with Crippen molar-refractivity contribution >= 4 is 5.91 Å². The second kappa shape index (κ2) is 7.10. The van der Waals surface area contributed by atoms with Gasteiger partial charge in [-0.25, -0.2) is 0 Å². The molecule has 0 saturated carbocycles. The molecule has 2 aliphatic heterocycles. The SMILES string of the molecule is NC1CC(=O)N(CCCCN2CCCCCC2)C1. The molecule has 0 aromatic rings. The van der Waals surface area contributed by atoms with Crippen LogP contribution in [-0.4, -0.2) is 54.5 Å². The molecule has 2 aliphatic rings. The Morgan fingerprint density at radius 2 is 1.72 bits per heavy atom. The Morgan fingerprint density at radius 1 is 1.06 bits per heavy atom. The quantitative estimate of drug-likeness (QED) is 0.749. The number of likely N-dealkylation sites (tertiary alicyclic amines) is 2. The summed E-state index contributed by atoms with van der Waals surface area (Å²) in [4.78, 5) is 16.1. The second-order valence-corrected chi connectivity index (χ2v) is 5.77. The third kappa shape index (κ3) is 4.25. The number of unbranched alkanes of at least 4 members (excludes halogenated alkanes) is 1.